The number of aliphatic hydroxyl groups is 1. The lowest BCUT2D eigenvalue weighted by molar-refractivity contribution is -0.140. The van der Waals surface area contributed by atoms with Gasteiger partial charge >= 0.3 is 0 Å². The Bertz CT molecular complexity index is 1030. The van der Waals surface area contributed by atoms with Crippen molar-refractivity contribution in [3.63, 3.8) is 0 Å². The normalized spacial score (nSPS) is 17.8. The number of nitrogens with zero attached hydrogens (tertiary/aromatic N) is 1. The number of carbonyl (C=O) groups is 2. The second-order valence-corrected chi connectivity index (χ2v) is 7.97. The van der Waals surface area contributed by atoms with Crippen molar-refractivity contribution in [2.45, 2.75) is 26.0 Å². The largest absolute Gasteiger partial charge is 0.507 e. The number of carbonyl (C=O) groups excluding carboxylic acids is 2. The van der Waals surface area contributed by atoms with Gasteiger partial charge in [-0.2, -0.15) is 0 Å². The molecular weight excluding hydrogens is 434 g/mol. The smallest absolute Gasteiger partial charge is 0.295 e. The first-order valence-corrected chi connectivity index (χ1v) is 10.5. The third-order valence-electron chi connectivity index (χ3n) is 5.17. The molecule has 0 aromatic heterocycles. The number of Topliss-reactive ketones (excluding diaryl/α,β-unsaturated/α-hetero) is 1. The molecule has 1 saturated heterocycles. The summed E-state index contributed by atoms with van der Waals surface area (Å²) in [7, 11) is 2.98. The van der Waals surface area contributed by atoms with Gasteiger partial charge in [-0.25, -0.2) is 0 Å². The zero-order valence-corrected chi connectivity index (χ0v) is 19.2. The molecule has 0 spiro atoms. The molecule has 170 valence electrons. The van der Waals surface area contributed by atoms with Gasteiger partial charge in [-0.15, -0.1) is 0 Å². The average Bonchev–Trinajstić information content (AvgIpc) is 3.03. The van der Waals surface area contributed by atoms with Gasteiger partial charge in [0, 0.05) is 17.1 Å². The molecule has 1 atom stereocenters. The lowest BCUT2D eigenvalue weighted by atomic mass is 9.95. The van der Waals surface area contributed by atoms with Gasteiger partial charge in [-0.05, 0) is 49.7 Å². The first-order valence-electron chi connectivity index (χ1n) is 10.2. The van der Waals surface area contributed by atoms with Crippen molar-refractivity contribution in [2.75, 3.05) is 27.4 Å². The summed E-state index contributed by atoms with van der Waals surface area (Å²) in [6.45, 7) is 4.23. The third kappa shape index (κ3) is 4.74. The number of benzene rings is 2. The van der Waals surface area contributed by atoms with Crippen LogP contribution < -0.4 is 9.47 Å². The maximum Gasteiger partial charge on any atom is 0.295 e. The number of hydrogen-bond acceptors (Lipinski definition) is 6. The molecule has 1 heterocycles. The van der Waals surface area contributed by atoms with E-state index in [9.17, 15) is 14.7 Å². The zero-order valence-electron chi connectivity index (χ0n) is 18.4. The number of ether oxygens (including phenoxy) is 3. The molecule has 1 N–H and O–H groups in total. The Balaban J connectivity index is 2.11. The monoisotopic (exact) mass is 459 g/mol. The Kier molecular flexibility index (Phi) is 7.43. The Morgan fingerprint density at radius 2 is 1.72 bits per heavy atom. The molecule has 0 bridgehead atoms. The Labute approximate surface area is 192 Å². The molecule has 1 aliphatic heterocycles. The van der Waals surface area contributed by atoms with Gasteiger partial charge in [0.2, 0.25) is 0 Å². The summed E-state index contributed by atoms with van der Waals surface area (Å²) in [5.74, 6) is -0.888. The van der Waals surface area contributed by atoms with Crippen LogP contribution in [0.1, 0.15) is 31.0 Å². The fourth-order valence-electron chi connectivity index (χ4n) is 3.63. The fraction of sp³-hybridized carbons (Fsp3) is 0.333. The van der Waals surface area contributed by atoms with Gasteiger partial charge in [-0.3, -0.25) is 9.59 Å². The van der Waals surface area contributed by atoms with E-state index in [1.165, 1.54) is 19.1 Å². The van der Waals surface area contributed by atoms with E-state index < -0.39 is 17.7 Å². The van der Waals surface area contributed by atoms with E-state index >= 15 is 0 Å². The minimum absolute atomic E-state index is 0.00547. The lowest BCUT2D eigenvalue weighted by Crippen LogP contribution is -2.33. The van der Waals surface area contributed by atoms with E-state index in [1.54, 1.807) is 42.5 Å². The molecule has 32 heavy (non-hydrogen) atoms. The lowest BCUT2D eigenvalue weighted by Gasteiger charge is -2.25. The highest BCUT2D eigenvalue weighted by Gasteiger charge is 2.46. The van der Waals surface area contributed by atoms with E-state index in [1.807, 2.05) is 13.8 Å². The highest BCUT2D eigenvalue weighted by atomic mass is 35.5. The molecule has 7 nitrogen and oxygen atoms in total. The highest BCUT2D eigenvalue weighted by molar-refractivity contribution is 6.46. The van der Waals surface area contributed by atoms with E-state index in [0.29, 0.717) is 27.6 Å². The molecule has 2 aromatic rings. The topological polar surface area (TPSA) is 85.3 Å². The minimum Gasteiger partial charge on any atom is -0.507 e. The predicted molar refractivity (Wildman–Crippen MR) is 121 cm³/mol. The maximum absolute atomic E-state index is 13.0. The van der Waals surface area contributed by atoms with Gasteiger partial charge in [0.1, 0.15) is 5.76 Å². The summed E-state index contributed by atoms with van der Waals surface area (Å²) in [5.41, 5.74) is 0.979. The summed E-state index contributed by atoms with van der Waals surface area (Å²) in [6, 6.07) is 10.8. The molecule has 1 fully saturated rings. The summed E-state index contributed by atoms with van der Waals surface area (Å²) in [4.78, 5) is 27.3. The molecule has 1 unspecified atom stereocenters. The Morgan fingerprint density at radius 3 is 2.31 bits per heavy atom. The van der Waals surface area contributed by atoms with E-state index in [0.717, 1.165) is 0 Å². The molecule has 0 aliphatic carbocycles. The van der Waals surface area contributed by atoms with Crippen molar-refractivity contribution >= 4 is 29.1 Å². The minimum atomic E-state index is -0.781. The number of ketones is 1. The summed E-state index contributed by atoms with van der Waals surface area (Å²) in [6.07, 6.45) is -0.0208. The van der Waals surface area contributed by atoms with Crippen molar-refractivity contribution in [1.82, 2.24) is 4.90 Å². The number of likely N-dealkylation sites (tertiary alicyclic amines) is 1. The zero-order chi connectivity index (χ0) is 23.4. The van der Waals surface area contributed by atoms with Crippen LogP contribution in [-0.2, 0) is 14.3 Å². The second kappa shape index (κ2) is 10.1. The van der Waals surface area contributed by atoms with E-state index in [2.05, 4.69) is 0 Å². The van der Waals surface area contributed by atoms with Crippen molar-refractivity contribution in [3.8, 4) is 11.5 Å². The van der Waals surface area contributed by atoms with E-state index in [-0.39, 0.29) is 30.6 Å². The standard InChI is InChI=1S/C24H26ClNO6/c1-14(2)32-12-11-26-21(15-5-8-17(25)9-6-15)20(23(28)24(26)29)22(27)16-7-10-18(30-3)19(13-16)31-4/h5-10,13-14,21,27H,11-12H2,1-4H3/b22-20-. The van der Waals surface area contributed by atoms with Crippen LogP contribution in [0.3, 0.4) is 0 Å². The van der Waals surface area contributed by atoms with Crippen molar-refractivity contribution in [1.29, 1.82) is 0 Å². The van der Waals surface area contributed by atoms with Crippen LogP contribution in [0.5, 0.6) is 11.5 Å². The Hall–Kier alpha value is -3.03. The molecular formula is C24H26ClNO6. The van der Waals surface area contributed by atoms with Crippen LogP contribution in [0.2, 0.25) is 5.02 Å². The van der Waals surface area contributed by atoms with Crippen molar-refractivity contribution in [2.24, 2.45) is 0 Å². The quantitative estimate of drug-likeness (QED) is 0.361. The van der Waals surface area contributed by atoms with Gasteiger partial charge in [0.25, 0.3) is 11.7 Å². The number of rotatable bonds is 8. The SMILES string of the molecule is COc1ccc(/C(O)=C2/C(=O)C(=O)N(CCOC(C)C)C2c2ccc(Cl)cc2)cc1OC. The number of amides is 1. The second-order valence-electron chi connectivity index (χ2n) is 7.53. The maximum atomic E-state index is 13.0. The van der Waals surface area contributed by atoms with Crippen LogP contribution in [0.25, 0.3) is 5.76 Å². The Morgan fingerprint density at radius 1 is 1.06 bits per heavy atom. The highest BCUT2D eigenvalue weighted by Crippen LogP contribution is 2.40. The van der Waals surface area contributed by atoms with Gasteiger partial charge in [0.15, 0.2) is 11.5 Å². The number of halogens is 1. The third-order valence-corrected chi connectivity index (χ3v) is 5.42. The molecule has 1 aliphatic rings. The van der Waals surface area contributed by atoms with Crippen LogP contribution in [0, 0.1) is 0 Å². The van der Waals surface area contributed by atoms with Gasteiger partial charge in [0.05, 0.1) is 38.5 Å². The molecule has 1 amide bonds. The molecule has 0 radical (unpaired) electrons. The number of hydrogen-bond donors (Lipinski definition) is 1. The molecule has 3 rings (SSSR count). The van der Waals surface area contributed by atoms with Crippen LogP contribution in [0.4, 0.5) is 0 Å². The van der Waals surface area contributed by atoms with E-state index in [4.69, 9.17) is 25.8 Å². The van der Waals surface area contributed by atoms with Gasteiger partial charge in [-0.1, -0.05) is 23.7 Å². The van der Waals surface area contributed by atoms with Crippen molar-refractivity contribution < 1.29 is 28.9 Å². The van der Waals surface area contributed by atoms with Crippen molar-refractivity contribution in [3.05, 3.63) is 64.2 Å². The number of aliphatic hydroxyl groups excluding tert-OH is 1. The summed E-state index contributed by atoms with van der Waals surface area (Å²) >= 11 is 6.03. The van der Waals surface area contributed by atoms with Crippen LogP contribution >= 0.6 is 11.6 Å². The van der Waals surface area contributed by atoms with Gasteiger partial charge < -0.3 is 24.2 Å². The molecule has 8 heteroatoms. The summed E-state index contributed by atoms with van der Waals surface area (Å²) < 4.78 is 16.1. The van der Waals surface area contributed by atoms with Crippen LogP contribution in [-0.4, -0.2) is 55.2 Å². The predicted octanol–water partition coefficient (Wildman–Crippen LogP) is 4.20. The average molecular weight is 460 g/mol. The molecule has 2 aromatic carbocycles. The fourth-order valence-corrected chi connectivity index (χ4v) is 3.75. The first kappa shape index (κ1) is 23.6. The van der Waals surface area contributed by atoms with Crippen LogP contribution in [0.15, 0.2) is 48.0 Å². The summed E-state index contributed by atoms with van der Waals surface area (Å²) in [5, 5.41) is 11.7. The first-order chi connectivity index (χ1) is 15.3. The number of methoxy groups -OCH3 is 2. The molecule has 0 saturated carbocycles.